The van der Waals surface area contributed by atoms with E-state index in [9.17, 15) is 0 Å². The van der Waals surface area contributed by atoms with Gasteiger partial charge in [-0.05, 0) is 44.4 Å². The second-order valence-electron chi connectivity index (χ2n) is 7.29. The monoisotopic (exact) mass is 281 g/mol. The van der Waals surface area contributed by atoms with Crippen LogP contribution in [-0.2, 0) is 4.74 Å². The molecule has 2 aliphatic rings. The molecule has 20 heavy (non-hydrogen) atoms. The maximum absolute atomic E-state index is 5.89. The number of rotatable bonds is 5. The molecule has 2 fully saturated rings. The highest BCUT2D eigenvalue weighted by molar-refractivity contribution is 5.80. The van der Waals surface area contributed by atoms with Gasteiger partial charge in [0.15, 0.2) is 5.96 Å². The van der Waals surface area contributed by atoms with Crippen molar-refractivity contribution in [2.45, 2.75) is 78.0 Å². The minimum atomic E-state index is 0.401. The first-order valence-electron chi connectivity index (χ1n) is 8.18. The lowest BCUT2D eigenvalue weighted by molar-refractivity contribution is 0.0992. The SMILES string of the molecule is CCNC(=NCCCC(C)(C)C)NC1CC2CCC1O2. The van der Waals surface area contributed by atoms with E-state index in [0.29, 0.717) is 23.7 Å². The molecule has 2 saturated heterocycles. The van der Waals surface area contributed by atoms with Crippen molar-refractivity contribution in [3.8, 4) is 0 Å². The maximum atomic E-state index is 5.89. The molecule has 116 valence electrons. The van der Waals surface area contributed by atoms with Gasteiger partial charge in [0.05, 0.1) is 18.2 Å². The van der Waals surface area contributed by atoms with Gasteiger partial charge in [-0.2, -0.15) is 0 Å². The summed E-state index contributed by atoms with van der Waals surface area (Å²) in [6.07, 6.45) is 6.82. The van der Waals surface area contributed by atoms with Crippen LogP contribution >= 0.6 is 0 Å². The molecule has 2 aliphatic heterocycles. The topological polar surface area (TPSA) is 45.7 Å². The van der Waals surface area contributed by atoms with Crippen molar-refractivity contribution < 1.29 is 4.74 Å². The van der Waals surface area contributed by atoms with Gasteiger partial charge in [-0.25, -0.2) is 0 Å². The number of aliphatic imine (C=N–C) groups is 1. The van der Waals surface area contributed by atoms with Crippen LogP contribution in [-0.4, -0.2) is 37.3 Å². The van der Waals surface area contributed by atoms with E-state index in [4.69, 9.17) is 9.73 Å². The van der Waals surface area contributed by atoms with Crippen LogP contribution in [0.5, 0.6) is 0 Å². The van der Waals surface area contributed by atoms with Crippen LogP contribution in [0.25, 0.3) is 0 Å². The Kier molecular flexibility index (Phi) is 5.30. The van der Waals surface area contributed by atoms with Crippen molar-refractivity contribution >= 4 is 5.96 Å². The zero-order valence-electron chi connectivity index (χ0n) is 13.5. The van der Waals surface area contributed by atoms with Gasteiger partial charge in [0.25, 0.3) is 0 Å². The van der Waals surface area contributed by atoms with E-state index < -0.39 is 0 Å². The van der Waals surface area contributed by atoms with Gasteiger partial charge in [-0.15, -0.1) is 0 Å². The van der Waals surface area contributed by atoms with Gasteiger partial charge in [0.2, 0.25) is 0 Å². The van der Waals surface area contributed by atoms with Crippen molar-refractivity contribution in [3.63, 3.8) is 0 Å². The van der Waals surface area contributed by atoms with Gasteiger partial charge in [0.1, 0.15) is 0 Å². The van der Waals surface area contributed by atoms with Gasteiger partial charge in [-0.1, -0.05) is 20.8 Å². The summed E-state index contributed by atoms with van der Waals surface area (Å²) in [7, 11) is 0. The maximum Gasteiger partial charge on any atom is 0.191 e. The predicted octanol–water partition coefficient (Wildman–Crippen LogP) is 2.69. The van der Waals surface area contributed by atoms with E-state index in [2.05, 4.69) is 38.3 Å². The Morgan fingerprint density at radius 1 is 1.30 bits per heavy atom. The highest BCUT2D eigenvalue weighted by Crippen LogP contribution is 2.34. The average molecular weight is 281 g/mol. The fraction of sp³-hybridized carbons (Fsp3) is 0.938. The van der Waals surface area contributed by atoms with Crippen LogP contribution in [0.3, 0.4) is 0 Å². The number of ether oxygens (including phenoxy) is 1. The van der Waals surface area contributed by atoms with E-state index in [1.54, 1.807) is 0 Å². The fourth-order valence-corrected chi connectivity index (χ4v) is 3.09. The molecule has 2 rings (SSSR count). The molecule has 4 heteroatoms. The molecule has 3 atom stereocenters. The summed E-state index contributed by atoms with van der Waals surface area (Å²) in [6.45, 7) is 10.8. The van der Waals surface area contributed by atoms with Gasteiger partial charge < -0.3 is 15.4 Å². The number of nitrogens with one attached hydrogen (secondary N) is 2. The molecule has 0 radical (unpaired) electrons. The molecule has 0 saturated carbocycles. The largest absolute Gasteiger partial charge is 0.373 e. The minimum Gasteiger partial charge on any atom is -0.373 e. The lowest BCUT2D eigenvalue weighted by Crippen LogP contribution is -2.47. The summed E-state index contributed by atoms with van der Waals surface area (Å²) in [5.41, 5.74) is 0.403. The number of hydrogen-bond donors (Lipinski definition) is 2. The Labute approximate surface area is 123 Å². The Morgan fingerprint density at radius 3 is 2.65 bits per heavy atom. The summed E-state index contributed by atoms with van der Waals surface area (Å²) in [5, 5.41) is 6.91. The molecule has 2 N–H and O–H groups in total. The number of guanidine groups is 1. The molecule has 0 spiro atoms. The Balaban J connectivity index is 1.77. The molecule has 0 amide bonds. The number of hydrogen-bond acceptors (Lipinski definition) is 2. The fourth-order valence-electron chi connectivity index (χ4n) is 3.09. The molecule has 4 nitrogen and oxygen atoms in total. The van der Waals surface area contributed by atoms with Crippen molar-refractivity contribution in [3.05, 3.63) is 0 Å². The van der Waals surface area contributed by atoms with E-state index in [0.717, 1.165) is 31.9 Å². The Hall–Kier alpha value is -0.770. The Morgan fingerprint density at radius 2 is 2.10 bits per heavy atom. The van der Waals surface area contributed by atoms with Crippen LogP contribution < -0.4 is 10.6 Å². The molecule has 0 aromatic carbocycles. The van der Waals surface area contributed by atoms with Crippen molar-refractivity contribution in [1.82, 2.24) is 10.6 Å². The highest BCUT2D eigenvalue weighted by atomic mass is 16.5. The van der Waals surface area contributed by atoms with Crippen LogP contribution in [0.15, 0.2) is 4.99 Å². The third-order valence-corrected chi connectivity index (χ3v) is 4.13. The average Bonchev–Trinajstić information content (AvgIpc) is 2.95. The van der Waals surface area contributed by atoms with E-state index >= 15 is 0 Å². The third kappa shape index (κ3) is 4.65. The van der Waals surface area contributed by atoms with Gasteiger partial charge in [0, 0.05) is 13.1 Å². The number of fused-ring (bicyclic) bond motifs is 2. The van der Waals surface area contributed by atoms with Crippen LogP contribution in [0.1, 0.15) is 59.8 Å². The summed E-state index contributed by atoms with van der Waals surface area (Å²) in [4.78, 5) is 4.70. The summed E-state index contributed by atoms with van der Waals surface area (Å²) in [5.74, 6) is 0.961. The van der Waals surface area contributed by atoms with Crippen LogP contribution in [0.2, 0.25) is 0 Å². The quantitative estimate of drug-likeness (QED) is 0.463. The molecule has 0 aromatic heterocycles. The number of nitrogens with zero attached hydrogens (tertiary/aromatic N) is 1. The second kappa shape index (κ2) is 6.79. The van der Waals surface area contributed by atoms with E-state index in [-0.39, 0.29) is 0 Å². The minimum absolute atomic E-state index is 0.401. The highest BCUT2D eigenvalue weighted by Gasteiger charge is 2.41. The molecular formula is C16H31N3O. The van der Waals surface area contributed by atoms with Crippen molar-refractivity contribution in [2.24, 2.45) is 10.4 Å². The second-order valence-corrected chi connectivity index (χ2v) is 7.29. The first kappa shape index (κ1) is 15.6. The molecule has 2 heterocycles. The standard InChI is InChI=1S/C16H31N3O/c1-5-17-15(18-10-6-9-16(2,3)4)19-13-11-12-7-8-14(13)20-12/h12-14H,5-11H2,1-4H3,(H2,17,18,19). The molecule has 2 bridgehead atoms. The Bertz CT molecular complexity index is 335. The van der Waals surface area contributed by atoms with Crippen molar-refractivity contribution in [2.75, 3.05) is 13.1 Å². The van der Waals surface area contributed by atoms with Crippen LogP contribution in [0, 0.1) is 5.41 Å². The zero-order valence-corrected chi connectivity index (χ0v) is 13.5. The third-order valence-electron chi connectivity index (χ3n) is 4.13. The summed E-state index contributed by atoms with van der Waals surface area (Å²) < 4.78 is 5.89. The first-order chi connectivity index (χ1) is 9.48. The van der Waals surface area contributed by atoms with Crippen LogP contribution in [0.4, 0.5) is 0 Å². The summed E-state index contributed by atoms with van der Waals surface area (Å²) >= 11 is 0. The molecule has 3 unspecified atom stereocenters. The summed E-state index contributed by atoms with van der Waals surface area (Å²) in [6, 6.07) is 0.453. The van der Waals surface area contributed by atoms with E-state index in [1.165, 1.54) is 19.3 Å². The smallest absolute Gasteiger partial charge is 0.191 e. The van der Waals surface area contributed by atoms with E-state index in [1.807, 2.05) is 0 Å². The lowest BCUT2D eigenvalue weighted by Gasteiger charge is -2.23. The predicted molar refractivity (Wildman–Crippen MR) is 84.1 cm³/mol. The van der Waals surface area contributed by atoms with Crippen molar-refractivity contribution in [1.29, 1.82) is 0 Å². The first-order valence-corrected chi connectivity index (χ1v) is 8.18. The van der Waals surface area contributed by atoms with Gasteiger partial charge >= 0.3 is 0 Å². The van der Waals surface area contributed by atoms with Gasteiger partial charge in [-0.3, -0.25) is 4.99 Å². The zero-order chi connectivity index (χ0) is 14.6. The molecule has 0 aromatic rings. The molecular weight excluding hydrogens is 250 g/mol. The lowest BCUT2D eigenvalue weighted by atomic mass is 9.91. The normalized spacial score (nSPS) is 29.8. The molecule has 0 aliphatic carbocycles.